The van der Waals surface area contributed by atoms with E-state index in [2.05, 4.69) is 10.3 Å². The van der Waals surface area contributed by atoms with Crippen LogP contribution in [0.25, 0.3) is 0 Å². The molecule has 1 aromatic rings. The Bertz CT molecular complexity index is 424. The number of rotatable bonds is 7. The lowest BCUT2D eigenvalue weighted by Crippen LogP contribution is -2.21. The molecular weight excluding hydrogens is 246 g/mol. The molecule has 0 aromatic carbocycles. The summed E-state index contributed by atoms with van der Waals surface area (Å²) >= 11 is 0. The highest BCUT2D eigenvalue weighted by Gasteiger charge is 2.16. The number of methoxy groups -OCH3 is 1. The van der Waals surface area contributed by atoms with Gasteiger partial charge >= 0.3 is 5.97 Å². The summed E-state index contributed by atoms with van der Waals surface area (Å²) in [5.41, 5.74) is 6.44. The number of nitrogen functional groups attached to an aromatic ring is 1. The standard InChI is InChI=1S/C13H21N3O3/c1-4-19-13(17)11-7-10(14)8-15-12(11)16-9(2)5-6-18-3/h7-9H,4-6,14H2,1-3H3,(H,15,16). The Morgan fingerprint density at radius 3 is 2.95 bits per heavy atom. The number of esters is 1. The van der Waals surface area contributed by atoms with Crippen LogP contribution in [-0.2, 0) is 9.47 Å². The van der Waals surface area contributed by atoms with Crippen LogP contribution in [0.5, 0.6) is 0 Å². The summed E-state index contributed by atoms with van der Waals surface area (Å²) in [6, 6.07) is 1.69. The number of hydrogen-bond acceptors (Lipinski definition) is 6. The van der Waals surface area contributed by atoms with Crippen LogP contribution in [0.1, 0.15) is 30.6 Å². The molecule has 6 nitrogen and oxygen atoms in total. The summed E-state index contributed by atoms with van der Waals surface area (Å²) < 4.78 is 10.0. The van der Waals surface area contributed by atoms with E-state index in [0.29, 0.717) is 30.3 Å². The van der Waals surface area contributed by atoms with Crippen LogP contribution in [0.15, 0.2) is 12.3 Å². The fourth-order valence-corrected chi connectivity index (χ4v) is 1.56. The summed E-state index contributed by atoms with van der Waals surface area (Å²) in [5, 5.41) is 3.16. The van der Waals surface area contributed by atoms with E-state index in [1.165, 1.54) is 6.20 Å². The lowest BCUT2D eigenvalue weighted by Gasteiger charge is -2.16. The maximum Gasteiger partial charge on any atom is 0.341 e. The SMILES string of the molecule is CCOC(=O)c1cc(N)cnc1NC(C)CCOC. The first-order valence-corrected chi connectivity index (χ1v) is 6.26. The van der Waals surface area contributed by atoms with Crippen molar-refractivity contribution in [2.24, 2.45) is 0 Å². The molecule has 3 N–H and O–H groups in total. The second-order valence-corrected chi connectivity index (χ2v) is 4.21. The zero-order valence-corrected chi connectivity index (χ0v) is 11.6. The molecule has 0 aliphatic heterocycles. The van der Waals surface area contributed by atoms with Gasteiger partial charge in [-0.25, -0.2) is 9.78 Å². The number of aromatic nitrogens is 1. The number of hydrogen-bond donors (Lipinski definition) is 2. The maximum absolute atomic E-state index is 11.8. The first-order valence-electron chi connectivity index (χ1n) is 6.26. The Morgan fingerprint density at radius 2 is 2.32 bits per heavy atom. The number of nitrogens with two attached hydrogens (primary N) is 1. The second kappa shape index (κ2) is 7.58. The molecule has 0 aliphatic carbocycles. The topological polar surface area (TPSA) is 86.5 Å². The van der Waals surface area contributed by atoms with Crippen LogP contribution < -0.4 is 11.1 Å². The summed E-state index contributed by atoms with van der Waals surface area (Å²) in [4.78, 5) is 16.0. The number of nitrogens with zero attached hydrogens (tertiary/aromatic N) is 1. The van der Waals surface area contributed by atoms with Gasteiger partial charge in [0, 0.05) is 19.8 Å². The highest BCUT2D eigenvalue weighted by molar-refractivity contribution is 5.95. The van der Waals surface area contributed by atoms with Gasteiger partial charge < -0.3 is 20.5 Å². The largest absolute Gasteiger partial charge is 0.462 e. The molecule has 6 heteroatoms. The van der Waals surface area contributed by atoms with Gasteiger partial charge in [-0.1, -0.05) is 0 Å². The Hall–Kier alpha value is -1.82. The van der Waals surface area contributed by atoms with E-state index in [0.717, 1.165) is 6.42 Å². The van der Waals surface area contributed by atoms with Gasteiger partial charge in [0.15, 0.2) is 0 Å². The fourth-order valence-electron chi connectivity index (χ4n) is 1.56. The molecule has 0 amide bonds. The molecule has 1 atom stereocenters. The summed E-state index contributed by atoms with van der Waals surface area (Å²) in [5.74, 6) is 0.0556. The van der Waals surface area contributed by atoms with Crippen molar-refractivity contribution in [2.45, 2.75) is 26.3 Å². The van der Waals surface area contributed by atoms with Gasteiger partial charge in [0.25, 0.3) is 0 Å². The van der Waals surface area contributed by atoms with Gasteiger partial charge in [-0.15, -0.1) is 0 Å². The van der Waals surface area contributed by atoms with Crippen molar-refractivity contribution >= 4 is 17.5 Å². The first kappa shape index (κ1) is 15.2. The van der Waals surface area contributed by atoms with Crippen molar-refractivity contribution in [2.75, 3.05) is 31.4 Å². The number of carbonyl (C=O) groups excluding carboxylic acids is 1. The van der Waals surface area contributed by atoms with Crippen LogP contribution in [0.3, 0.4) is 0 Å². The van der Waals surface area contributed by atoms with Gasteiger partial charge in [-0.3, -0.25) is 0 Å². The molecule has 19 heavy (non-hydrogen) atoms. The third-order valence-electron chi connectivity index (χ3n) is 2.54. The maximum atomic E-state index is 11.8. The van der Waals surface area contributed by atoms with E-state index in [4.69, 9.17) is 15.2 Å². The number of nitrogens with one attached hydrogen (secondary N) is 1. The number of anilines is 2. The van der Waals surface area contributed by atoms with Gasteiger partial charge in [0.05, 0.1) is 18.5 Å². The molecule has 1 unspecified atom stereocenters. The van der Waals surface area contributed by atoms with Crippen molar-refractivity contribution < 1.29 is 14.3 Å². The normalized spacial score (nSPS) is 11.9. The van der Waals surface area contributed by atoms with Crippen molar-refractivity contribution in [3.63, 3.8) is 0 Å². The minimum absolute atomic E-state index is 0.129. The van der Waals surface area contributed by atoms with Gasteiger partial charge in [0.2, 0.25) is 0 Å². The zero-order chi connectivity index (χ0) is 14.3. The Balaban J connectivity index is 2.84. The second-order valence-electron chi connectivity index (χ2n) is 4.21. The third-order valence-corrected chi connectivity index (χ3v) is 2.54. The van der Waals surface area contributed by atoms with Crippen molar-refractivity contribution in [1.82, 2.24) is 4.98 Å². The lowest BCUT2D eigenvalue weighted by atomic mass is 10.2. The quantitative estimate of drug-likeness (QED) is 0.731. The fraction of sp³-hybridized carbons (Fsp3) is 0.538. The van der Waals surface area contributed by atoms with E-state index in [1.54, 1.807) is 20.1 Å². The van der Waals surface area contributed by atoms with Crippen LogP contribution in [0.2, 0.25) is 0 Å². The monoisotopic (exact) mass is 267 g/mol. The van der Waals surface area contributed by atoms with Gasteiger partial charge in [-0.05, 0) is 26.3 Å². The molecule has 0 radical (unpaired) electrons. The molecule has 0 saturated carbocycles. The highest BCUT2D eigenvalue weighted by Crippen LogP contribution is 2.18. The zero-order valence-electron chi connectivity index (χ0n) is 11.6. The molecule has 1 rings (SSSR count). The molecule has 0 saturated heterocycles. The minimum Gasteiger partial charge on any atom is -0.462 e. The van der Waals surface area contributed by atoms with Crippen LogP contribution in [0, 0.1) is 0 Å². The third kappa shape index (κ3) is 4.75. The Morgan fingerprint density at radius 1 is 1.58 bits per heavy atom. The predicted octanol–water partition coefficient (Wildman–Crippen LogP) is 1.68. The average molecular weight is 267 g/mol. The number of carbonyl (C=O) groups is 1. The van der Waals surface area contributed by atoms with Crippen molar-refractivity contribution in [1.29, 1.82) is 0 Å². The average Bonchev–Trinajstić information content (AvgIpc) is 2.38. The number of ether oxygens (including phenoxy) is 2. The first-order chi connectivity index (χ1) is 9.08. The smallest absolute Gasteiger partial charge is 0.341 e. The summed E-state index contributed by atoms with van der Waals surface area (Å²) in [7, 11) is 1.65. The summed E-state index contributed by atoms with van der Waals surface area (Å²) in [6.45, 7) is 4.70. The van der Waals surface area contributed by atoms with Crippen LogP contribution >= 0.6 is 0 Å². The van der Waals surface area contributed by atoms with Crippen LogP contribution in [0.4, 0.5) is 11.5 Å². The Labute approximate surface area is 113 Å². The highest BCUT2D eigenvalue weighted by atomic mass is 16.5. The molecule has 0 aliphatic rings. The predicted molar refractivity (Wildman–Crippen MR) is 74.2 cm³/mol. The Kier molecular flexibility index (Phi) is 6.08. The molecule has 106 valence electrons. The lowest BCUT2D eigenvalue weighted by molar-refractivity contribution is 0.0527. The molecule has 1 aromatic heterocycles. The van der Waals surface area contributed by atoms with Crippen LogP contribution in [-0.4, -0.2) is 37.3 Å². The molecule has 0 spiro atoms. The van der Waals surface area contributed by atoms with E-state index >= 15 is 0 Å². The van der Waals surface area contributed by atoms with Crippen molar-refractivity contribution in [3.05, 3.63) is 17.8 Å². The molecule has 0 fully saturated rings. The van der Waals surface area contributed by atoms with E-state index in [9.17, 15) is 4.79 Å². The molecule has 1 heterocycles. The number of pyridine rings is 1. The minimum atomic E-state index is -0.427. The van der Waals surface area contributed by atoms with E-state index < -0.39 is 5.97 Å². The van der Waals surface area contributed by atoms with E-state index in [1.807, 2.05) is 6.92 Å². The molecular formula is C13H21N3O3. The molecule has 0 bridgehead atoms. The summed E-state index contributed by atoms with van der Waals surface area (Å²) in [6.07, 6.45) is 2.32. The van der Waals surface area contributed by atoms with Gasteiger partial charge in [-0.2, -0.15) is 0 Å². The van der Waals surface area contributed by atoms with Crippen molar-refractivity contribution in [3.8, 4) is 0 Å². The van der Waals surface area contributed by atoms with E-state index in [-0.39, 0.29) is 6.04 Å². The van der Waals surface area contributed by atoms with Gasteiger partial charge in [0.1, 0.15) is 11.4 Å².